The van der Waals surface area contributed by atoms with Gasteiger partial charge in [-0.1, -0.05) is 30.3 Å². The lowest BCUT2D eigenvalue weighted by molar-refractivity contribution is -0.108. The number of carbonyl (C=O) groups is 1. The van der Waals surface area contributed by atoms with Crippen LogP contribution in [0.2, 0.25) is 0 Å². The Balaban J connectivity index is 0.000000837. The minimum absolute atomic E-state index is 0.0295. The minimum atomic E-state index is 0.0295. The van der Waals surface area contributed by atoms with E-state index in [-0.39, 0.29) is 5.92 Å². The van der Waals surface area contributed by atoms with Crippen molar-refractivity contribution in [3.8, 4) is 0 Å². The third-order valence-corrected chi connectivity index (χ3v) is 5.97. The molecule has 0 spiro atoms. The molecule has 1 unspecified atom stereocenters. The second-order valence-electron chi connectivity index (χ2n) is 8.09. The molecule has 1 aliphatic rings. The lowest BCUT2D eigenvalue weighted by Gasteiger charge is -2.24. The van der Waals surface area contributed by atoms with Gasteiger partial charge in [0.15, 0.2) is 0 Å². The molecule has 0 aromatic heterocycles. The van der Waals surface area contributed by atoms with Crippen LogP contribution in [0, 0.1) is 6.92 Å². The molecule has 174 valence electrons. The van der Waals surface area contributed by atoms with Crippen molar-refractivity contribution >= 4 is 17.7 Å². The number of hydrogen-bond acceptors (Lipinski definition) is 5. The van der Waals surface area contributed by atoms with E-state index >= 15 is 0 Å². The van der Waals surface area contributed by atoms with Gasteiger partial charge in [0.2, 0.25) is 0 Å². The first-order valence-corrected chi connectivity index (χ1v) is 11.6. The summed E-state index contributed by atoms with van der Waals surface area (Å²) in [6.07, 6.45) is 6.47. The summed E-state index contributed by atoms with van der Waals surface area (Å²) in [6, 6.07) is 10.8. The number of ether oxygens (including phenoxy) is 1. The van der Waals surface area contributed by atoms with Crippen LogP contribution in [0.1, 0.15) is 59.9 Å². The molecule has 2 aromatic carbocycles. The zero-order valence-corrected chi connectivity index (χ0v) is 19.9. The van der Waals surface area contributed by atoms with E-state index in [9.17, 15) is 4.79 Å². The summed E-state index contributed by atoms with van der Waals surface area (Å²) in [6.45, 7) is 11.4. The van der Waals surface area contributed by atoms with Gasteiger partial charge in [-0.25, -0.2) is 0 Å². The Kier molecular flexibility index (Phi) is 11.0. The second kappa shape index (κ2) is 13.7. The average molecular weight is 438 g/mol. The van der Waals surface area contributed by atoms with Crippen LogP contribution in [0.25, 0.3) is 0 Å². The Morgan fingerprint density at radius 2 is 2.06 bits per heavy atom. The van der Waals surface area contributed by atoms with Gasteiger partial charge in [0.25, 0.3) is 0 Å². The van der Waals surface area contributed by atoms with Gasteiger partial charge in [-0.15, -0.1) is 6.58 Å². The van der Waals surface area contributed by atoms with Gasteiger partial charge in [-0.3, -0.25) is 0 Å². The first kappa shape index (κ1) is 25.6. The first-order valence-electron chi connectivity index (χ1n) is 11.6. The number of fused-ring (bicyclic) bond motifs is 1. The summed E-state index contributed by atoms with van der Waals surface area (Å²) in [5.74, 6) is 0.0295. The lowest BCUT2D eigenvalue weighted by atomic mass is 9.83. The van der Waals surface area contributed by atoms with Crippen molar-refractivity contribution in [1.29, 1.82) is 0 Å². The maximum absolute atomic E-state index is 11.5. The summed E-state index contributed by atoms with van der Waals surface area (Å²) in [7, 11) is 1.68. The molecule has 5 nitrogen and oxygen atoms in total. The van der Waals surface area contributed by atoms with Crippen molar-refractivity contribution in [3.63, 3.8) is 0 Å². The number of methoxy groups -OCH3 is 1. The fourth-order valence-corrected chi connectivity index (χ4v) is 4.00. The van der Waals surface area contributed by atoms with Gasteiger partial charge < -0.3 is 25.9 Å². The van der Waals surface area contributed by atoms with E-state index in [4.69, 9.17) is 5.73 Å². The van der Waals surface area contributed by atoms with Gasteiger partial charge in [0.1, 0.15) is 6.29 Å². The number of nitrogens with two attached hydrogens (primary N) is 1. The Hall–Kier alpha value is -2.63. The van der Waals surface area contributed by atoms with Crippen molar-refractivity contribution in [2.24, 2.45) is 0 Å². The summed E-state index contributed by atoms with van der Waals surface area (Å²) in [5.41, 5.74) is 14.3. The van der Waals surface area contributed by atoms with Crippen LogP contribution in [-0.2, 0) is 22.5 Å². The molecule has 0 saturated carbocycles. The highest BCUT2D eigenvalue weighted by molar-refractivity contribution is 5.72. The lowest BCUT2D eigenvalue weighted by Crippen LogP contribution is -2.23. The van der Waals surface area contributed by atoms with Crippen molar-refractivity contribution in [2.45, 2.75) is 52.0 Å². The molecule has 5 heteroatoms. The Morgan fingerprint density at radius 1 is 1.28 bits per heavy atom. The number of rotatable bonds is 10. The fraction of sp³-hybridized carbons (Fsp3) is 0.444. The summed E-state index contributed by atoms with van der Waals surface area (Å²) >= 11 is 0. The molecule has 1 aliphatic heterocycles. The normalized spacial score (nSPS) is 13.3. The molecular weight excluding hydrogens is 398 g/mol. The van der Waals surface area contributed by atoms with Gasteiger partial charge in [-0.2, -0.15) is 0 Å². The topological polar surface area (TPSA) is 76.4 Å². The van der Waals surface area contributed by atoms with E-state index in [2.05, 4.69) is 53.1 Å². The molecule has 32 heavy (non-hydrogen) atoms. The van der Waals surface area contributed by atoms with E-state index in [1.807, 2.05) is 19.1 Å². The molecule has 0 amide bonds. The maximum Gasteiger partial charge on any atom is 0.120 e. The van der Waals surface area contributed by atoms with Crippen LogP contribution < -0.4 is 16.4 Å². The molecule has 0 saturated heterocycles. The van der Waals surface area contributed by atoms with Gasteiger partial charge in [0, 0.05) is 39.1 Å². The smallest absolute Gasteiger partial charge is 0.120 e. The number of anilines is 2. The molecule has 1 heterocycles. The van der Waals surface area contributed by atoms with E-state index in [1.54, 1.807) is 7.11 Å². The van der Waals surface area contributed by atoms with Crippen LogP contribution in [0.5, 0.6) is 0 Å². The van der Waals surface area contributed by atoms with Crippen LogP contribution in [0.15, 0.2) is 43.0 Å². The highest BCUT2D eigenvalue weighted by Crippen LogP contribution is 2.36. The Labute approximate surface area is 193 Å². The van der Waals surface area contributed by atoms with E-state index in [0.29, 0.717) is 6.42 Å². The Morgan fingerprint density at radius 3 is 2.75 bits per heavy atom. The zero-order valence-electron chi connectivity index (χ0n) is 19.9. The predicted octanol–water partition coefficient (Wildman–Crippen LogP) is 4.97. The number of aldehydes is 1. The summed E-state index contributed by atoms with van der Waals surface area (Å²) < 4.78 is 4.54. The number of unbranched alkanes of at least 4 members (excludes halogenated alkanes) is 1. The monoisotopic (exact) mass is 437 g/mol. The third-order valence-electron chi connectivity index (χ3n) is 5.97. The molecule has 0 bridgehead atoms. The van der Waals surface area contributed by atoms with Crippen molar-refractivity contribution < 1.29 is 9.53 Å². The SMILES string of the molecule is C=CCCCNc1ccc(C(CC=O)c2ccc3c(c2)CNCC3)c(C)c1N.CCOC. The number of allylic oxidation sites excluding steroid dienone is 1. The third kappa shape index (κ3) is 6.94. The number of carbonyl (C=O) groups excluding carboxylic acids is 1. The molecule has 0 aliphatic carbocycles. The summed E-state index contributed by atoms with van der Waals surface area (Å²) in [5, 5.41) is 6.85. The largest absolute Gasteiger partial charge is 0.397 e. The van der Waals surface area contributed by atoms with Crippen LogP contribution in [0.4, 0.5) is 11.4 Å². The Bertz CT molecular complexity index is 877. The fourth-order valence-electron chi connectivity index (χ4n) is 4.00. The van der Waals surface area contributed by atoms with Gasteiger partial charge in [0.05, 0.1) is 11.4 Å². The molecule has 2 aromatic rings. The number of hydrogen-bond donors (Lipinski definition) is 3. The quantitative estimate of drug-likeness (QED) is 0.212. The van der Waals surface area contributed by atoms with E-state index in [0.717, 1.165) is 74.3 Å². The summed E-state index contributed by atoms with van der Waals surface area (Å²) in [4.78, 5) is 11.5. The van der Waals surface area contributed by atoms with Crippen LogP contribution in [0.3, 0.4) is 0 Å². The average Bonchev–Trinajstić information content (AvgIpc) is 2.83. The molecule has 1 atom stereocenters. The van der Waals surface area contributed by atoms with Crippen molar-refractivity contribution in [1.82, 2.24) is 5.32 Å². The second-order valence-corrected chi connectivity index (χ2v) is 8.09. The van der Waals surface area contributed by atoms with Crippen molar-refractivity contribution in [3.05, 3.63) is 70.8 Å². The molecular formula is C27H39N3O2. The maximum atomic E-state index is 11.5. The standard InChI is InChI=1S/C24H31N3O.C3H8O/c1-3-4-5-12-27-23-9-8-21(17(2)24(23)25)22(11-14-28)19-7-6-18-10-13-26-16-20(18)15-19;1-3-4-2/h3,6-9,14-15,22,26-27H,1,4-5,10-13,16,25H2,2H3;3H2,1-2H3. The molecule has 4 N–H and O–H groups in total. The van der Waals surface area contributed by atoms with E-state index in [1.165, 1.54) is 16.7 Å². The van der Waals surface area contributed by atoms with E-state index < -0.39 is 0 Å². The van der Waals surface area contributed by atoms with Crippen LogP contribution in [-0.4, -0.2) is 33.1 Å². The molecule has 3 rings (SSSR count). The number of benzene rings is 2. The van der Waals surface area contributed by atoms with Crippen LogP contribution >= 0.6 is 0 Å². The number of nitrogens with one attached hydrogen (secondary N) is 2. The molecule has 0 radical (unpaired) electrons. The van der Waals surface area contributed by atoms with Gasteiger partial charge >= 0.3 is 0 Å². The van der Waals surface area contributed by atoms with Crippen molar-refractivity contribution in [2.75, 3.05) is 37.9 Å². The number of nitrogen functional groups attached to an aromatic ring is 1. The minimum Gasteiger partial charge on any atom is -0.397 e. The van der Waals surface area contributed by atoms with Gasteiger partial charge in [-0.05, 0) is 73.5 Å². The molecule has 0 fully saturated rings. The highest BCUT2D eigenvalue weighted by atomic mass is 16.5. The first-order chi connectivity index (χ1) is 15.6. The predicted molar refractivity (Wildman–Crippen MR) is 135 cm³/mol. The zero-order chi connectivity index (χ0) is 23.3. The highest BCUT2D eigenvalue weighted by Gasteiger charge is 2.20.